The van der Waals surface area contributed by atoms with Crippen LogP contribution in [-0.2, 0) is 11.3 Å². The normalized spacial score (nSPS) is 19.6. The van der Waals surface area contributed by atoms with Gasteiger partial charge >= 0.3 is 6.03 Å². The number of carbonyl (C=O) groups excluding carboxylic acids is 3. The third-order valence-corrected chi connectivity index (χ3v) is 5.54. The Balaban J connectivity index is 1.67. The summed E-state index contributed by atoms with van der Waals surface area (Å²) in [5.74, 6) is -2.80. The van der Waals surface area contributed by atoms with Crippen molar-refractivity contribution in [2.75, 3.05) is 5.32 Å². The number of anilines is 1. The zero-order valence-corrected chi connectivity index (χ0v) is 18.3. The lowest BCUT2D eigenvalue weighted by Crippen LogP contribution is -2.44. The van der Waals surface area contributed by atoms with Crippen molar-refractivity contribution >= 4 is 23.7 Å². The van der Waals surface area contributed by atoms with Crippen LogP contribution in [0.25, 0.3) is 11.4 Å². The predicted molar refractivity (Wildman–Crippen MR) is 119 cm³/mol. The van der Waals surface area contributed by atoms with Gasteiger partial charge < -0.3 is 16.0 Å². The van der Waals surface area contributed by atoms with E-state index < -0.39 is 40.6 Å². The number of aromatic nitrogens is 2. The van der Waals surface area contributed by atoms with Gasteiger partial charge in [0, 0.05) is 5.70 Å². The highest BCUT2D eigenvalue weighted by molar-refractivity contribution is 6.09. The van der Waals surface area contributed by atoms with Crippen LogP contribution in [0.15, 0.2) is 54.3 Å². The van der Waals surface area contributed by atoms with Crippen LogP contribution in [0.5, 0.6) is 0 Å². The maximum atomic E-state index is 14.4. The van der Waals surface area contributed by atoms with Crippen molar-refractivity contribution in [3.8, 4) is 11.4 Å². The number of carbonyl (C=O) groups is 3. The van der Waals surface area contributed by atoms with Crippen molar-refractivity contribution in [1.82, 2.24) is 25.9 Å². The molecule has 0 spiro atoms. The molecule has 2 aromatic rings. The molecule has 2 aliphatic heterocycles. The summed E-state index contributed by atoms with van der Waals surface area (Å²) in [5.41, 5.74) is -0.539. The van der Waals surface area contributed by atoms with Crippen LogP contribution in [0.1, 0.15) is 29.9 Å². The zero-order valence-electron chi connectivity index (χ0n) is 18.3. The van der Waals surface area contributed by atoms with Gasteiger partial charge in [-0.2, -0.15) is 0 Å². The number of halogens is 2. The van der Waals surface area contributed by atoms with Gasteiger partial charge in [0.15, 0.2) is 5.82 Å². The van der Waals surface area contributed by atoms with Gasteiger partial charge in [0.25, 0.3) is 11.8 Å². The molecule has 0 bridgehead atoms. The van der Waals surface area contributed by atoms with Gasteiger partial charge in [0.2, 0.25) is 0 Å². The standard InChI is InChI=1S/C23H20F2N6O3/c1-4-12(9-8-11(2)23(3)21(33)30-22(34)31-23)27-19-17-15(10-26-20(17)32)28-18(29-19)16-13(24)6-5-7-14(16)25/h4-9H,2,10H2,1,3H3,(H,26,32)(H,27,28,29)(H2,30,31,33,34)/b9-8-,12-4+/t23-/m1/s1. The van der Waals surface area contributed by atoms with E-state index in [0.29, 0.717) is 17.0 Å². The summed E-state index contributed by atoms with van der Waals surface area (Å²) in [4.78, 5) is 44.4. The van der Waals surface area contributed by atoms with Crippen molar-refractivity contribution in [1.29, 1.82) is 0 Å². The van der Waals surface area contributed by atoms with Gasteiger partial charge in [-0.05, 0) is 37.6 Å². The van der Waals surface area contributed by atoms with Crippen LogP contribution in [-0.4, -0.2) is 33.4 Å². The van der Waals surface area contributed by atoms with Crippen molar-refractivity contribution in [3.63, 3.8) is 0 Å². The fourth-order valence-corrected chi connectivity index (χ4v) is 3.51. The molecule has 0 aliphatic carbocycles. The van der Waals surface area contributed by atoms with Gasteiger partial charge in [0.1, 0.15) is 28.6 Å². The average Bonchev–Trinajstić information content (AvgIpc) is 3.29. The highest BCUT2D eigenvalue weighted by Gasteiger charge is 2.43. The molecule has 0 radical (unpaired) electrons. The van der Waals surface area contributed by atoms with Gasteiger partial charge in [-0.25, -0.2) is 23.5 Å². The summed E-state index contributed by atoms with van der Waals surface area (Å²) < 4.78 is 28.7. The smallest absolute Gasteiger partial charge is 0.322 e. The summed E-state index contributed by atoms with van der Waals surface area (Å²) in [6, 6.07) is 2.79. The van der Waals surface area contributed by atoms with Gasteiger partial charge in [-0.1, -0.05) is 24.8 Å². The molecular weight excluding hydrogens is 446 g/mol. The molecule has 9 nitrogen and oxygen atoms in total. The number of hydrogen-bond acceptors (Lipinski definition) is 6. The number of fused-ring (bicyclic) bond motifs is 1. The molecule has 4 N–H and O–H groups in total. The first-order valence-corrected chi connectivity index (χ1v) is 10.2. The molecule has 1 saturated heterocycles. The third-order valence-electron chi connectivity index (χ3n) is 5.54. The summed E-state index contributed by atoms with van der Waals surface area (Å²) in [6.07, 6.45) is 4.74. The molecule has 0 saturated carbocycles. The van der Waals surface area contributed by atoms with E-state index in [4.69, 9.17) is 0 Å². The van der Waals surface area contributed by atoms with Crippen molar-refractivity contribution in [2.45, 2.75) is 25.9 Å². The fraction of sp³-hybridized carbons (Fsp3) is 0.174. The largest absolute Gasteiger partial charge is 0.346 e. The summed E-state index contributed by atoms with van der Waals surface area (Å²) in [6.45, 7) is 7.16. The molecule has 0 unspecified atom stereocenters. The lowest BCUT2D eigenvalue weighted by molar-refractivity contribution is -0.122. The van der Waals surface area contributed by atoms with Crippen molar-refractivity contribution in [2.24, 2.45) is 0 Å². The van der Waals surface area contributed by atoms with Crippen LogP contribution in [0, 0.1) is 11.6 Å². The molecule has 1 aromatic heterocycles. The van der Waals surface area contributed by atoms with Crippen LogP contribution in [0.2, 0.25) is 0 Å². The van der Waals surface area contributed by atoms with E-state index in [1.54, 1.807) is 19.1 Å². The number of hydrogen-bond donors (Lipinski definition) is 4. The van der Waals surface area contributed by atoms with E-state index in [1.807, 2.05) is 0 Å². The molecule has 4 amide bonds. The molecule has 174 valence electrons. The van der Waals surface area contributed by atoms with E-state index in [9.17, 15) is 23.2 Å². The van der Waals surface area contributed by atoms with Crippen molar-refractivity contribution in [3.05, 3.63) is 77.2 Å². The second-order valence-electron chi connectivity index (χ2n) is 7.76. The number of nitrogens with zero attached hydrogens (tertiary/aromatic N) is 2. The Kier molecular flexibility index (Phi) is 5.70. The number of amides is 4. The number of urea groups is 1. The highest BCUT2D eigenvalue weighted by Crippen LogP contribution is 2.29. The van der Waals surface area contributed by atoms with Gasteiger partial charge in [0.05, 0.1) is 17.8 Å². The molecular formula is C23H20F2N6O3. The Morgan fingerprint density at radius 2 is 1.85 bits per heavy atom. The molecule has 11 heteroatoms. The zero-order chi connectivity index (χ0) is 24.6. The maximum absolute atomic E-state index is 14.4. The molecule has 3 heterocycles. The maximum Gasteiger partial charge on any atom is 0.322 e. The Morgan fingerprint density at radius 3 is 2.47 bits per heavy atom. The highest BCUT2D eigenvalue weighted by atomic mass is 19.1. The molecule has 4 rings (SSSR count). The second kappa shape index (κ2) is 8.50. The fourth-order valence-electron chi connectivity index (χ4n) is 3.51. The number of nitrogens with one attached hydrogen (secondary N) is 4. The number of benzene rings is 1. The minimum Gasteiger partial charge on any atom is -0.346 e. The van der Waals surface area contributed by atoms with Crippen LogP contribution in [0.4, 0.5) is 19.4 Å². The Labute approximate surface area is 193 Å². The summed E-state index contributed by atoms with van der Waals surface area (Å²) >= 11 is 0. The monoisotopic (exact) mass is 466 g/mol. The topological polar surface area (TPSA) is 125 Å². The second-order valence-corrected chi connectivity index (χ2v) is 7.76. The quantitative estimate of drug-likeness (QED) is 0.383. The third kappa shape index (κ3) is 3.91. The van der Waals surface area contributed by atoms with E-state index in [-0.39, 0.29) is 23.8 Å². The Bertz CT molecular complexity index is 1300. The average molecular weight is 466 g/mol. The van der Waals surface area contributed by atoms with Crippen molar-refractivity contribution < 1.29 is 23.2 Å². The first-order valence-electron chi connectivity index (χ1n) is 10.2. The molecule has 34 heavy (non-hydrogen) atoms. The lowest BCUT2D eigenvalue weighted by atomic mass is 9.93. The molecule has 1 atom stereocenters. The minimum absolute atomic E-state index is 0.0548. The van der Waals surface area contributed by atoms with E-state index in [1.165, 1.54) is 19.1 Å². The number of rotatable bonds is 6. The predicted octanol–water partition coefficient (Wildman–Crippen LogP) is 2.69. The Hall–Kier alpha value is -4.41. The van der Waals surface area contributed by atoms with Gasteiger partial charge in [-0.3, -0.25) is 14.9 Å². The SMILES string of the molecule is C=C(/C=C\C(=C/C)Nc1nc(-c2c(F)cccc2F)nc2c1C(=O)NC2)[C@@]1(C)NC(=O)NC1=O. The molecule has 1 aromatic carbocycles. The van der Waals surface area contributed by atoms with E-state index in [2.05, 4.69) is 37.8 Å². The van der Waals surface area contributed by atoms with Crippen LogP contribution >= 0.6 is 0 Å². The van der Waals surface area contributed by atoms with Crippen LogP contribution in [0.3, 0.4) is 0 Å². The van der Waals surface area contributed by atoms with E-state index in [0.717, 1.165) is 12.1 Å². The van der Waals surface area contributed by atoms with Gasteiger partial charge in [-0.15, -0.1) is 0 Å². The molecule has 2 aliphatic rings. The minimum atomic E-state index is -1.32. The first kappa shape index (κ1) is 22.8. The lowest BCUT2D eigenvalue weighted by Gasteiger charge is -2.21. The molecule has 1 fully saturated rings. The van der Waals surface area contributed by atoms with Crippen LogP contribution < -0.4 is 21.3 Å². The summed E-state index contributed by atoms with van der Waals surface area (Å²) in [5, 5.41) is 10.3. The van der Waals surface area contributed by atoms with E-state index >= 15 is 0 Å². The Morgan fingerprint density at radius 1 is 1.15 bits per heavy atom. The summed E-state index contributed by atoms with van der Waals surface area (Å²) in [7, 11) is 0. The first-order chi connectivity index (χ1) is 16.1. The number of imide groups is 1. The number of allylic oxidation sites excluding steroid dienone is 2.